The number of nitrogen functional groups attached to an aromatic ring is 1. The molecular formula is C10H13N3O. The molecule has 14 heavy (non-hydrogen) atoms. The molecule has 4 nitrogen and oxygen atoms in total. The fourth-order valence-electron chi connectivity index (χ4n) is 1.97. The number of hydrogen-bond acceptors (Lipinski definition) is 3. The van der Waals surface area contributed by atoms with Gasteiger partial charge in [0, 0.05) is 5.69 Å². The summed E-state index contributed by atoms with van der Waals surface area (Å²) in [5.74, 6) is 0.0678. The predicted molar refractivity (Wildman–Crippen MR) is 53.5 cm³/mol. The summed E-state index contributed by atoms with van der Waals surface area (Å²) in [6.45, 7) is 0. The Morgan fingerprint density at radius 2 is 2.29 bits per heavy atom. The van der Waals surface area contributed by atoms with Crippen LogP contribution in [0.3, 0.4) is 0 Å². The normalized spacial score (nSPS) is 20.1. The Bertz CT molecular complexity index is 376. The standard InChI is InChI=1S/C10H13N3O/c11-9-5-4-6-7(10(12)14)2-1-3-8(6)13-9/h4-5,7H,1-3H2,(H2,11,13)(H2,12,14). The summed E-state index contributed by atoms with van der Waals surface area (Å²) in [5, 5.41) is 0. The van der Waals surface area contributed by atoms with E-state index in [1.807, 2.05) is 6.07 Å². The van der Waals surface area contributed by atoms with E-state index in [0.29, 0.717) is 5.82 Å². The van der Waals surface area contributed by atoms with Crippen molar-refractivity contribution < 1.29 is 4.79 Å². The molecule has 0 saturated heterocycles. The second kappa shape index (κ2) is 3.29. The molecule has 74 valence electrons. The van der Waals surface area contributed by atoms with Gasteiger partial charge in [-0.3, -0.25) is 4.79 Å². The predicted octanol–water partition coefficient (Wildman–Crippen LogP) is 0.569. The zero-order chi connectivity index (χ0) is 10.1. The lowest BCUT2D eigenvalue weighted by Crippen LogP contribution is -2.25. The van der Waals surface area contributed by atoms with Gasteiger partial charge in [0.1, 0.15) is 5.82 Å². The monoisotopic (exact) mass is 191 g/mol. The highest BCUT2D eigenvalue weighted by Crippen LogP contribution is 2.30. The van der Waals surface area contributed by atoms with Crippen molar-refractivity contribution in [2.45, 2.75) is 25.2 Å². The highest BCUT2D eigenvalue weighted by atomic mass is 16.1. The van der Waals surface area contributed by atoms with Crippen LogP contribution < -0.4 is 11.5 Å². The topological polar surface area (TPSA) is 82.0 Å². The maximum Gasteiger partial charge on any atom is 0.225 e. The Labute approximate surface area is 82.3 Å². The first-order valence-electron chi connectivity index (χ1n) is 4.73. The highest BCUT2D eigenvalue weighted by molar-refractivity contribution is 5.82. The van der Waals surface area contributed by atoms with E-state index in [1.165, 1.54) is 0 Å². The number of aromatic nitrogens is 1. The summed E-state index contributed by atoms with van der Waals surface area (Å²) in [7, 11) is 0. The van der Waals surface area contributed by atoms with Crippen LogP contribution in [-0.4, -0.2) is 10.9 Å². The van der Waals surface area contributed by atoms with Crippen LogP contribution >= 0.6 is 0 Å². The fourth-order valence-corrected chi connectivity index (χ4v) is 1.97. The van der Waals surface area contributed by atoms with Gasteiger partial charge in [-0.1, -0.05) is 6.07 Å². The number of nitrogens with two attached hydrogens (primary N) is 2. The van der Waals surface area contributed by atoms with Gasteiger partial charge in [-0.05, 0) is 30.9 Å². The SMILES string of the molecule is NC(=O)C1CCCc2nc(N)ccc21. The quantitative estimate of drug-likeness (QED) is 0.680. The van der Waals surface area contributed by atoms with Crippen molar-refractivity contribution in [1.29, 1.82) is 0 Å². The van der Waals surface area contributed by atoms with Crippen molar-refractivity contribution in [1.82, 2.24) is 4.98 Å². The van der Waals surface area contributed by atoms with Gasteiger partial charge in [-0.2, -0.15) is 0 Å². The number of aryl methyl sites for hydroxylation is 1. The summed E-state index contributed by atoms with van der Waals surface area (Å²) < 4.78 is 0. The van der Waals surface area contributed by atoms with Gasteiger partial charge in [-0.15, -0.1) is 0 Å². The van der Waals surface area contributed by atoms with Crippen molar-refractivity contribution in [2.75, 3.05) is 5.73 Å². The van der Waals surface area contributed by atoms with Gasteiger partial charge in [0.2, 0.25) is 5.91 Å². The molecule has 1 aliphatic rings. The number of rotatable bonds is 1. The molecule has 1 amide bonds. The largest absolute Gasteiger partial charge is 0.384 e. The van der Waals surface area contributed by atoms with E-state index in [2.05, 4.69) is 4.98 Å². The molecule has 0 saturated carbocycles. The Morgan fingerprint density at radius 3 is 3.00 bits per heavy atom. The van der Waals surface area contributed by atoms with Crippen LogP contribution in [0, 0.1) is 0 Å². The lowest BCUT2D eigenvalue weighted by molar-refractivity contribution is -0.119. The van der Waals surface area contributed by atoms with Crippen molar-refractivity contribution >= 4 is 11.7 Å². The zero-order valence-electron chi connectivity index (χ0n) is 7.86. The first-order chi connectivity index (χ1) is 6.68. The smallest absolute Gasteiger partial charge is 0.225 e. The molecule has 1 aromatic rings. The molecular weight excluding hydrogens is 178 g/mol. The average Bonchev–Trinajstić information content (AvgIpc) is 2.16. The van der Waals surface area contributed by atoms with Gasteiger partial charge >= 0.3 is 0 Å². The number of anilines is 1. The van der Waals surface area contributed by atoms with Crippen molar-refractivity contribution in [2.24, 2.45) is 5.73 Å². The number of hydrogen-bond donors (Lipinski definition) is 2. The molecule has 1 atom stereocenters. The molecule has 2 rings (SSSR count). The Balaban J connectivity index is 2.44. The van der Waals surface area contributed by atoms with Gasteiger partial charge in [0.25, 0.3) is 0 Å². The number of pyridine rings is 1. The van der Waals surface area contributed by atoms with Crippen molar-refractivity contribution in [3.05, 3.63) is 23.4 Å². The lowest BCUT2D eigenvalue weighted by Gasteiger charge is -2.22. The highest BCUT2D eigenvalue weighted by Gasteiger charge is 2.25. The van der Waals surface area contributed by atoms with E-state index in [0.717, 1.165) is 30.5 Å². The first kappa shape index (κ1) is 8.99. The molecule has 0 fully saturated rings. The van der Waals surface area contributed by atoms with Crippen LogP contribution in [0.15, 0.2) is 12.1 Å². The van der Waals surface area contributed by atoms with E-state index >= 15 is 0 Å². The molecule has 0 aromatic carbocycles. The Kier molecular flexibility index (Phi) is 2.11. The lowest BCUT2D eigenvalue weighted by atomic mass is 9.85. The van der Waals surface area contributed by atoms with E-state index in [1.54, 1.807) is 6.07 Å². The van der Waals surface area contributed by atoms with Crippen molar-refractivity contribution in [3.63, 3.8) is 0 Å². The minimum atomic E-state index is -0.266. The van der Waals surface area contributed by atoms with Gasteiger partial charge in [0.15, 0.2) is 0 Å². The van der Waals surface area contributed by atoms with E-state index in [9.17, 15) is 4.79 Å². The maximum atomic E-state index is 11.2. The number of carbonyl (C=O) groups is 1. The number of carbonyl (C=O) groups excluding carboxylic acids is 1. The van der Waals surface area contributed by atoms with E-state index < -0.39 is 0 Å². The van der Waals surface area contributed by atoms with E-state index in [-0.39, 0.29) is 11.8 Å². The maximum absolute atomic E-state index is 11.2. The summed E-state index contributed by atoms with van der Waals surface area (Å²) in [6, 6.07) is 3.59. The minimum absolute atomic E-state index is 0.174. The Hall–Kier alpha value is -1.58. The van der Waals surface area contributed by atoms with Gasteiger partial charge in [-0.25, -0.2) is 4.98 Å². The third kappa shape index (κ3) is 1.43. The molecule has 1 aromatic heterocycles. The number of primary amides is 1. The molecule has 4 N–H and O–H groups in total. The van der Waals surface area contributed by atoms with Gasteiger partial charge < -0.3 is 11.5 Å². The third-order valence-electron chi connectivity index (χ3n) is 2.66. The molecule has 1 aliphatic carbocycles. The van der Waals surface area contributed by atoms with Crippen LogP contribution in [0.1, 0.15) is 30.0 Å². The minimum Gasteiger partial charge on any atom is -0.384 e. The molecule has 1 unspecified atom stereocenters. The number of nitrogens with zero attached hydrogens (tertiary/aromatic N) is 1. The first-order valence-corrected chi connectivity index (χ1v) is 4.73. The molecule has 4 heteroatoms. The summed E-state index contributed by atoms with van der Waals surface area (Å²) in [6.07, 6.45) is 2.68. The van der Waals surface area contributed by atoms with Crippen LogP contribution in [0.2, 0.25) is 0 Å². The van der Waals surface area contributed by atoms with Crippen LogP contribution in [0.5, 0.6) is 0 Å². The zero-order valence-corrected chi connectivity index (χ0v) is 7.86. The average molecular weight is 191 g/mol. The number of fused-ring (bicyclic) bond motifs is 1. The molecule has 0 aliphatic heterocycles. The van der Waals surface area contributed by atoms with Crippen molar-refractivity contribution in [3.8, 4) is 0 Å². The van der Waals surface area contributed by atoms with Crippen LogP contribution in [0.25, 0.3) is 0 Å². The molecule has 0 spiro atoms. The van der Waals surface area contributed by atoms with Crippen LogP contribution in [-0.2, 0) is 11.2 Å². The third-order valence-corrected chi connectivity index (χ3v) is 2.66. The number of amides is 1. The molecule has 0 radical (unpaired) electrons. The summed E-state index contributed by atoms with van der Waals surface area (Å²) in [4.78, 5) is 15.4. The Morgan fingerprint density at radius 1 is 1.50 bits per heavy atom. The fraction of sp³-hybridized carbons (Fsp3) is 0.400. The van der Waals surface area contributed by atoms with Crippen LogP contribution in [0.4, 0.5) is 5.82 Å². The summed E-state index contributed by atoms with van der Waals surface area (Å²) in [5.41, 5.74) is 12.8. The molecule has 0 bridgehead atoms. The van der Waals surface area contributed by atoms with Gasteiger partial charge in [0.05, 0.1) is 5.92 Å². The second-order valence-electron chi connectivity index (χ2n) is 3.62. The van der Waals surface area contributed by atoms with E-state index in [4.69, 9.17) is 11.5 Å². The summed E-state index contributed by atoms with van der Waals surface area (Å²) >= 11 is 0. The molecule has 1 heterocycles. The second-order valence-corrected chi connectivity index (χ2v) is 3.62.